The molecule has 1 N–H and O–H groups in total. The van der Waals surface area contributed by atoms with Gasteiger partial charge in [-0.1, -0.05) is 0 Å². The largest absolute Gasteiger partial charge is 0.312 e. The molecule has 0 unspecified atom stereocenters. The van der Waals surface area contributed by atoms with Crippen LogP contribution in [0.25, 0.3) is 5.65 Å². The van der Waals surface area contributed by atoms with Gasteiger partial charge in [0.05, 0.1) is 34.9 Å². The van der Waals surface area contributed by atoms with Crippen molar-refractivity contribution in [1.29, 1.82) is 0 Å². The average molecular weight is 369 g/mol. The van der Waals surface area contributed by atoms with E-state index in [2.05, 4.69) is 14.8 Å². The van der Waals surface area contributed by atoms with Crippen molar-refractivity contribution in [2.24, 2.45) is 0 Å². The Labute approximate surface area is 149 Å². The van der Waals surface area contributed by atoms with E-state index in [0.717, 1.165) is 16.8 Å². The lowest BCUT2D eigenvalue weighted by molar-refractivity contribution is -0.118. The van der Waals surface area contributed by atoms with Crippen molar-refractivity contribution >= 4 is 33.0 Å². The van der Waals surface area contributed by atoms with Crippen LogP contribution in [0.2, 0.25) is 0 Å². The Morgan fingerprint density at radius 2 is 1.92 bits per heavy atom. The van der Waals surface area contributed by atoms with Gasteiger partial charge in [-0.05, 0) is 36.1 Å². The molecule has 0 spiro atoms. The molecule has 0 radical (unpaired) electrons. The molecule has 0 saturated carbocycles. The summed E-state index contributed by atoms with van der Waals surface area (Å²) < 4.78 is 29.8. The molecule has 0 saturated heterocycles. The number of carbonyl (C=O) groups is 1. The van der Waals surface area contributed by atoms with Gasteiger partial charge in [-0.2, -0.15) is 5.10 Å². The van der Waals surface area contributed by atoms with E-state index in [1.54, 1.807) is 35.5 Å². The molecule has 8 nitrogen and oxygen atoms in total. The molecule has 5 rings (SSSR count). The fraction of sp³-hybridized carbons (Fsp3) is 0.235. The highest BCUT2D eigenvalue weighted by atomic mass is 32.2. The maximum Gasteiger partial charge on any atom is 0.262 e. The maximum absolute atomic E-state index is 12.9. The molecule has 2 aromatic heterocycles. The second-order valence-corrected chi connectivity index (χ2v) is 8.15. The molecule has 2 aliphatic heterocycles. The van der Waals surface area contributed by atoms with Gasteiger partial charge in [-0.15, -0.1) is 0 Å². The number of hydrogen-bond donors (Lipinski definition) is 1. The minimum atomic E-state index is -3.76. The summed E-state index contributed by atoms with van der Waals surface area (Å²) in [4.78, 5) is 18.2. The fourth-order valence-electron chi connectivity index (χ4n) is 3.66. The Kier molecular flexibility index (Phi) is 3.11. The zero-order chi connectivity index (χ0) is 17.9. The van der Waals surface area contributed by atoms with E-state index in [9.17, 15) is 13.2 Å². The number of amides is 1. The van der Waals surface area contributed by atoms with Gasteiger partial charge in [0.25, 0.3) is 10.0 Å². The molecule has 0 bridgehead atoms. The van der Waals surface area contributed by atoms with Gasteiger partial charge in [-0.3, -0.25) is 9.52 Å². The smallest absolute Gasteiger partial charge is 0.262 e. The van der Waals surface area contributed by atoms with Gasteiger partial charge in [0.15, 0.2) is 5.65 Å². The highest BCUT2D eigenvalue weighted by Gasteiger charge is 2.32. The molecule has 0 fully saturated rings. The van der Waals surface area contributed by atoms with Gasteiger partial charge < -0.3 is 4.90 Å². The molecule has 0 aliphatic carbocycles. The van der Waals surface area contributed by atoms with Crippen molar-refractivity contribution in [1.82, 2.24) is 14.6 Å². The summed E-state index contributed by atoms with van der Waals surface area (Å²) in [6.07, 6.45) is 6.31. The lowest BCUT2D eigenvalue weighted by Gasteiger charge is -2.25. The number of benzene rings is 1. The van der Waals surface area contributed by atoms with Gasteiger partial charge >= 0.3 is 0 Å². The van der Waals surface area contributed by atoms with E-state index in [4.69, 9.17) is 0 Å². The number of sulfonamides is 1. The first-order chi connectivity index (χ1) is 12.5. The van der Waals surface area contributed by atoms with Crippen LogP contribution >= 0.6 is 0 Å². The Balaban J connectivity index is 1.53. The number of anilines is 2. The van der Waals surface area contributed by atoms with Crippen LogP contribution in [0, 0.1) is 0 Å². The summed E-state index contributed by atoms with van der Waals surface area (Å²) in [5, 5.41) is 4.06. The number of carbonyl (C=O) groups excluding carboxylic acids is 1. The monoisotopic (exact) mass is 369 g/mol. The van der Waals surface area contributed by atoms with Crippen LogP contribution in [0.5, 0.6) is 0 Å². The molecule has 1 aromatic carbocycles. The Morgan fingerprint density at radius 1 is 1.12 bits per heavy atom. The third-order valence-corrected chi connectivity index (χ3v) is 6.20. The van der Waals surface area contributed by atoms with Gasteiger partial charge in [0, 0.05) is 19.0 Å². The third kappa shape index (κ3) is 2.27. The van der Waals surface area contributed by atoms with Crippen LogP contribution in [0.3, 0.4) is 0 Å². The highest BCUT2D eigenvalue weighted by Crippen LogP contribution is 2.38. The molecule has 4 heterocycles. The molecule has 26 heavy (non-hydrogen) atoms. The molecule has 2 aliphatic rings. The molecule has 0 atom stereocenters. The quantitative estimate of drug-likeness (QED) is 0.752. The first-order valence-corrected chi connectivity index (χ1v) is 9.78. The van der Waals surface area contributed by atoms with Crippen LogP contribution < -0.4 is 9.62 Å². The standard InChI is InChI=1S/C17H15N5O3S/c23-16-2-1-11-7-14(8-12-4-6-21(16)17(11)12)26(24,25)20-13-9-18-15-3-5-19-22(15)10-13/h3,5,7-10,20H,1-2,4,6H2. The Hall–Kier alpha value is -2.94. The lowest BCUT2D eigenvalue weighted by Crippen LogP contribution is -2.33. The van der Waals surface area contributed by atoms with Crippen LogP contribution in [0.4, 0.5) is 11.4 Å². The summed E-state index contributed by atoms with van der Waals surface area (Å²) in [7, 11) is -3.76. The molecule has 3 aromatic rings. The zero-order valence-electron chi connectivity index (χ0n) is 13.7. The van der Waals surface area contributed by atoms with Crippen LogP contribution in [-0.4, -0.2) is 35.5 Å². The molecular formula is C17H15N5O3S. The first-order valence-electron chi connectivity index (χ1n) is 8.30. The molecule has 9 heteroatoms. The van der Waals surface area contributed by atoms with Gasteiger partial charge in [-0.25, -0.2) is 17.9 Å². The molecule has 132 valence electrons. The topological polar surface area (TPSA) is 96.7 Å². The van der Waals surface area contributed by atoms with Crippen LogP contribution in [0.15, 0.2) is 41.7 Å². The number of fused-ring (bicyclic) bond motifs is 1. The second kappa shape index (κ2) is 5.28. The maximum atomic E-state index is 12.9. The number of rotatable bonds is 3. The predicted octanol–water partition coefficient (Wildman–Crippen LogP) is 1.37. The number of nitrogens with one attached hydrogen (secondary N) is 1. The van der Waals surface area contributed by atoms with Crippen molar-refractivity contribution < 1.29 is 13.2 Å². The third-order valence-electron chi connectivity index (χ3n) is 4.83. The first kappa shape index (κ1) is 15.3. The van der Waals surface area contributed by atoms with Crippen molar-refractivity contribution in [3.63, 3.8) is 0 Å². The van der Waals surface area contributed by atoms with Crippen molar-refractivity contribution in [3.05, 3.63) is 47.9 Å². The van der Waals surface area contributed by atoms with E-state index in [1.165, 1.54) is 10.7 Å². The van der Waals surface area contributed by atoms with E-state index in [1.807, 2.05) is 0 Å². The van der Waals surface area contributed by atoms with Crippen LogP contribution in [0.1, 0.15) is 17.5 Å². The summed E-state index contributed by atoms with van der Waals surface area (Å²) in [6.45, 7) is 0.623. The highest BCUT2D eigenvalue weighted by molar-refractivity contribution is 7.92. The summed E-state index contributed by atoms with van der Waals surface area (Å²) in [5.74, 6) is 0.114. The molecular weight excluding hydrogens is 354 g/mol. The zero-order valence-corrected chi connectivity index (χ0v) is 14.5. The fourth-order valence-corrected chi connectivity index (χ4v) is 4.79. The van der Waals surface area contributed by atoms with Gasteiger partial charge in [0.1, 0.15) is 0 Å². The Bertz CT molecular complexity index is 1170. The van der Waals surface area contributed by atoms with Gasteiger partial charge in [0.2, 0.25) is 5.91 Å². The number of hydrogen-bond acceptors (Lipinski definition) is 5. The summed E-state index contributed by atoms with van der Waals surface area (Å²) >= 11 is 0. The summed E-state index contributed by atoms with van der Waals surface area (Å²) in [5.41, 5.74) is 3.71. The number of aryl methyl sites for hydroxylation is 1. The van der Waals surface area contributed by atoms with E-state index in [-0.39, 0.29) is 10.8 Å². The SMILES string of the molecule is O=C1CCc2cc(S(=O)(=O)Nc3cnc4ccnn4c3)cc3c2N1CC3. The van der Waals surface area contributed by atoms with Crippen molar-refractivity contribution in [2.75, 3.05) is 16.2 Å². The number of aromatic nitrogens is 3. The van der Waals surface area contributed by atoms with Crippen molar-refractivity contribution in [3.8, 4) is 0 Å². The van der Waals surface area contributed by atoms with E-state index >= 15 is 0 Å². The second-order valence-electron chi connectivity index (χ2n) is 6.47. The van der Waals surface area contributed by atoms with Crippen molar-refractivity contribution in [2.45, 2.75) is 24.2 Å². The minimum Gasteiger partial charge on any atom is -0.312 e. The number of nitrogens with zero attached hydrogens (tertiary/aromatic N) is 4. The molecule has 1 amide bonds. The Morgan fingerprint density at radius 3 is 2.77 bits per heavy atom. The van der Waals surface area contributed by atoms with E-state index < -0.39 is 10.0 Å². The van der Waals surface area contributed by atoms with Crippen LogP contribution in [-0.2, 0) is 27.7 Å². The lowest BCUT2D eigenvalue weighted by atomic mass is 10.00. The normalized spacial score (nSPS) is 16.2. The minimum absolute atomic E-state index is 0.114. The predicted molar refractivity (Wildman–Crippen MR) is 94.6 cm³/mol. The van der Waals surface area contributed by atoms with E-state index in [0.29, 0.717) is 37.1 Å². The summed E-state index contributed by atoms with van der Waals surface area (Å²) in [6, 6.07) is 5.07. The average Bonchev–Trinajstić information content (AvgIpc) is 3.25.